The number of hydrogen-bond donors (Lipinski definition) is 2. The smallest absolute Gasteiger partial charge is 0.267 e. The fourth-order valence-corrected chi connectivity index (χ4v) is 7.40. The van der Waals surface area contributed by atoms with Gasteiger partial charge in [-0.2, -0.15) is 4.31 Å². The third-order valence-corrected chi connectivity index (χ3v) is 10.8. The van der Waals surface area contributed by atoms with Crippen LogP contribution in [0.1, 0.15) is 35.7 Å². The summed E-state index contributed by atoms with van der Waals surface area (Å²) in [6.07, 6.45) is -0.706. The number of aliphatic hydroxyl groups excluding tert-OH is 1. The maximum absolute atomic E-state index is 13.7. The zero-order valence-corrected chi connectivity index (χ0v) is 26.1. The molecule has 0 saturated heterocycles. The fourth-order valence-electron chi connectivity index (χ4n) is 4.71. The zero-order chi connectivity index (χ0) is 31.0. The van der Waals surface area contributed by atoms with Crippen molar-refractivity contribution >= 4 is 43.2 Å². The molecule has 42 heavy (non-hydrogen) atoms. The Labute approximate surface area is 250 Å². The first-order valence-corrected chi connectivity index (χ1v) is 16.4. The Balaban J connectivity index is 1.69. The molecule has 0 unspecified atom stereocenters. The molecule has 4 rings (SSSR count). The molecule has 3 atom stereocenters. The van der Waals surface area contributed by atoms with Crippen molar-refractivity contribution in [2.24, 2.45) is 5.92 Å². The van der Waals surface area contributed by atoms with E-state index < -0.39 is 38.1 Å². The number of hydrogen-bond acceptors (Lipinski definition) is 9. The molecule has 0 bridgehead atoms. The number of halogens is 1. The van der Waals surface area contributed by atoms with Gasteiger partial charge in [0.25, 0.3) is 15.9 Å². The topological polar surface area (TPSA) is 159 Å². The third kappa shape index (κ3) is 6.42. The van der Waals surface area contributed by atoms with Gasteiger partial charge in [0.05, 0.1) is 29.7 Å². The SMILES string of the molecule is Cc1noc(C)c1S(=O)(=O)Nc1ccc2c(c1)C(=O)N([C@H](C)CO)C[C@@H](C)[C@@H](CN(C)S(=O)(=O)c1ccc(Cl)cc1)O2. The van der Waals surface area contributed by atoms with Gasteiger partial charge in [-0.25, -0.2) is 16.8 Å². The summed E-state index contributed by atoms with van der Waals surface area (Å²) in [5.41, 5.74) is 0.326. The highest BCUT2D eigenvalue weighted by atomic mass is 35.5. The number of anilines is 1. The lowest BCUT2D eigenvalue weighted by atomic mass is 9.99. The number of benzene rings is 2. The van der Waals surface area contributed by atoms with Gasteiger partial charge in [0.15, 0.2) is 10.7 Å². The molecule has 0 radical (unpaired) electrons. The minimum absolute atomic E-state index is 0.0503. The van der Waals surface area contributed by atoms with E-state index in [9.17, 15) is 26.7 Å². The number of aromatic nitrogens is 1. The molecule has 0 spiro atoms. The van der Waals surface area contributed by atoms with Crippen LogP contribution in [-0.4, -0.2) is 81.1 Å². The lowest BCUT2D eigenvalue weighted by Crippen LogP contribution is -2.50. The number of ether oxygens (including phenoxy) is 1. The Hall–Kier alpha value is -3.17. The lowest BCUT2D eigenvalue weighted by molar-refractivity contribution is 0.0387. The molecule has 0 aliphatic carbocycles. The Morgan fingerprint density at radius 2 is 1.83 bits per heavy atom. The van der Waals surface area contributed by atoms with Crippen molar-refractivity contribution in [3.63, 3.8) is 0 Å². The molecule has 2 aromatic carbocycles. The average Bonchev–Trinajstić information content (AvgIpc) is 3.28. The summed E-state index contributed by atoms with van der Waals surface area (Å²) < 4.78 is 67.6. The molecule has 1 amide bonds. The minimum atomic E-state index is -4.10. The van der Waals surface area contributed by atoms with Gasteiger partial charge in [0.1, 0.15) is 17.5 Å². The largest absolute Gasteiger partial charge is 0.488 e. The van der Waals surface area contributed by atoms with Crippen LogP contribution >= 0.6 is 11.6 Å². The van der Waals surface area contributed by atoms with Gasteiger partial charge in [0.2, 0.25) is 10.0 Å². The molecule has 1 aliphatic rings. The number of sulfonamides is 2. The van der Waals surface area contributed by atoms with E-state index in [0.29, 0.717) is 5.02 Å². The summed E-state index contributed by atoms with van der Waals surface area (Å²) in [6, 6.07) is 9.49. The first-order chi connectivity index (χ1) is 19.6. The normalized spacial score (nSPS) is 18.7. The van der Waals surface area contributed by atoms with Crippen LogP contribution in [0.25, 0.3) is 0 Å². The van der Waals surface area contributed by atoms with Crippen molar-refractivity contribution in [1.29, 1.82) is 0 Å². The summed E-state index contributed by atoms with van der Waals surface area (Å²) in [4.78, 5) is 15.1. The van der Waals surface area contributed by atoms with Gasteiger partial charge in [-0.15, -0.1) is 0 Å². The number of aryl methyl sites for hydroxylation is 2. The number of nitrogens with zero attached hydrogens (tertiary/aromatic N) is 3. The first-order valence-electron chi connectivity index (χ1n) is 13.1. The maximum atomic E-state index is 13.7. The molecule has 228 valence electrons. The van der Waals surface area contributed by atoms with E-state index in [2.05, 4.69) is 9.88 Å². The molecule has 0 fully saturated rings. The predicted molar refractivity (Wildman–Crippen MR) is 156 cm³/mol. The van der Waals surface area contributed by atoms with E-state index in [-0.39, 0.29) is 63.9 Å². The van der Waals surface area contributed by atoms with E-state index in [1.54, 1.807) is 6.92 Å². The molecule has 2 N–H and O–H groups in total. The molecule has 15 heteroatoms. The number of fused-ring (bicyclic) bond motifs is 1. The summed E-state index contributed by atoms with van der Waals surface area (Å²) in [5, 5.41) is 14.0. The van der Waals surface area contributed by atoms with Crippen molar-refractivity contribution < 1.29 is 36.0 Å². The second-order valence-corrected chi connectivity index (χ2v) is 14.4. The van der Waals surface area contributed by atoms with Gasteiger partial charge >= 0.3 is 0 Å². The molecule has 3 aromatic rings. The van der Waals surface area contributed by atoms with E-state index in [1.807, 2.05) is 6.92 Å². The Morgan fingerprint density at radius 1 is 1.17 bits per heavy atom. The second-order valence-electron chi connectivity index (χ2n) is 10.3. The number of amides is 1. The number of rotatable bonds is 9. The second kappa shape index (κ2) is 12.2. The van der Waals surface area contributed by atoms with Gasteiger partial charge in [0, 0.05) is 30.2 Å². The van der Waals surface area contributed by atoms with E-state index in [1.165, 1.54) is 72.6 Å². The van der Waals surface area contributed by atoms with Crippen LogP contribution < -0.4 is 9.46 Å². The van der Waals surface area contributed by atoms with Gasteiger partial charge in [-0.3, -0.25) is 9.52 Å². The third-order valence-electron chi connectivity index (χ3n) is 7.11. The van der Waals surface area contributed by atoms with Gasteiger partial charge < -0.3 is 19.3 Å². The van der Waals surface area contributed by atoms with Crippen molar-refractivity contribution in [1.82, 2.24) is 14.4 Å². The Kier molecular flexibility index (Phi) is 9.23. The van der Waals surface area contributed by atoms with Crippen LogP contribution in [0.3, 0.4) is 0 Å². The molecule has 12 nitrogen and oxygen atoms in total. The summed E-state index contributed by atoms with van der Waals surface area (Å²) in [5.74, 6) is -0.568. The van der Waals surface area contributed by atoms with Crippen molar-refractivity contribution in [3.05, 3.63) is 64.5 Å². The van der Waals surface area contributed by atoms with Crippen LogP contribution in [0.15, 0.2) is 56.8 Å². The van der Waals surface area contributed by atoms with Crippen LogP contribution in [0.4, 0.5) is 5.69 Å². The maximum Gasteiger partial charge on any atom is 0.267 e. The predicted octanol–water partition coefficient (Wildman–Crippen LogP) is 3.29. The number of nitrogens with one attached hydrogen (secondary N) is 1. The van der Waals surface area contributed by atoms with Crippen LogP contribution in [0.5, 0.6) is 5.75 Å². The number of carbonyl (C=O) groups is 1. The number of aliphatic hydroxyl groups is 1. The van der Waals surface area contributed by atoms with E-state index in [0.717, 1.165) is 0 Å². The summed E-state index contributed by atoms with van der Waals surface area (Å²) in [6.45, 7) is 6.27. The molecule has 0 saturated carbocycles. The van der Waals surface area contributed by atoms with Gasteiger partial charge in [-0.1, -0.05) is 23.7 Å². The van der Waals surface area contributed by atoms with E-state index >= 15 is 0 Å². The first kappa shape index (κ1) is 31.8. The van der Waals surface area contributed by atoms with Crippen molar-refractivity contribution in [2.45, 2.75) is 49.6 Å². The number of carbonyl (C=O) groups excluding carboxylic acids is 1. The Morgan fingerprint density at radius 3 is 2.43 bits per heavy atom. The summed E-state index contributed by atoms with van der Waals surface area (Å²) in [7, 11) is -6.56. The molecule has 1 aromatic heterocycles. The molecular weight excluding hydrogens is 608 g/mol. The van der Waals surface area contributed by atoms with Gasteiger partial charge in [-0.05, 0) is 63.2 Å². The van der Waals surface area contributed by atoms with Crippen molar-refractivity contribution in [3.8, 4) is 5.75 Å². The highest BCUT2D eigenvalue weighted by Gasteiger charge is 2.36. The highest BCUT2D eigenvalue weighted by Crippen LogP contribution is 2.32. The lowest BCUT2D eigenvalue weighted by Gasteiger charge is -2.38. The number of likely N-dealkylation sites (N-methyl/N-ethyl adjacent to an activating group) is 1. The summed E-state index contributed by atoms with van der Waals surface area (Å²) >= 11 is 5.92. The fraction of sp³-hybridized carbons (Fsp3) is 0.407. The average molecular weight is 641 g/mol. The minimum Gasteiger partial charge on any atom is -0.488 e. The van der Waals surface area contributed by atoms with Crippen LogP contribution in [0, 0.1) is 19.8 Å². The highest BCUT2D eigenvalue weighted by molar-refractivity contribution is 7.92. The zero-order valence-electron chi connectivity index (χ0n) is 23.7. The molecular formula is C27H33ClN4O8S2. The quantitative estimate of drug-likeness (QED) is 0.358. The van der Waals surface area contributed by atoms with Crippen molar-refractivity contribution in [2.75, 3.05) is 31.5 Å². The molecule has 1 aliphatic heterocycles. The van der Waals surface area contributed by atoms with E-state index in [4.69, 9.17) is 20.9 Å². The Bertz CT molecular complexity index is 1660. The standard InChI is InChI=1S/C27H33ClN4O8S2/c1-16-13-32(17(2)15-33)27(34)23-12-21(30-41(35,36)26-18(3)29-40-19(26)4)8-11-24(23)39-25(16)14-31(5)42(37,38)22-9-6-20(28)7-10-22/h6-12,16-17,25,30,33H,13-15H2,1-5H3/t16-,17-,25-/m1/s1. The monoisotopic (exact) mass is 640 g/mol. The van der Waals surface area contributed by atoms with Crippen LogP contribution in [0.2, 0.25) is 5.02 Å². The van der Waals surface area contributed by atoms with Crippen LogP contribution in [-0.2, 0) is 20.0 Å². The molecule has 2 heterocycles.